The van der Waals surface area contributed by atoms with Gasteiger partial charge in [0.2, 0.25) is 5.66 Å². The molecule has 3 N–H and O–H groups in total. The van der Waals surface area contributed by atoms with Crippen LogP contribution >= 0.6 is 11.3 Å². The minimum atomic E-state index is -0.872. The molecule has 3 aromatic rings. The number of nitrogens with two attached hydrogens (primary N) is 1. The fourth-order valence-corrected chi connectivity index (χ4v) is 5.20. The number of hydrogen-bond donors (Lipinski definition) is 2. The second-order valence-corrected chi connectivity index (χ2v) is 8.97. The van der Waals surface area contributed by atoms with Crippen LogP contribution in [0.3, 0.4) is 0 Å². The Morgan fingerprint density at radius 1 is 1.26 bits per heavy atom. The van der Waals surface area contributed by atoms with Gasteiger partial charge in [-0.05, 0) is 31.1 Å². The Balaban J connectivity index is 1.65. The molecule has 31 heavy (non-hydrogen) atoms. The molecule has 0 amide bonds. The molecule has 2 aliphatic heterocycles. The van der Waals surface area contributed by atoms with Crippen molar-refractivity contribution in [1.29, 1.82) is 0 Å². The maximum Gasteiger partial charge on any atom is 0.217 e. The van der Waals surface area contributed by atoms with E-state index in [4.69, 9.17) is 15.8 Å². The molecule has 2 aromatic heterocycles. The second kappa shape index (κ2) is 7.82. The topological polar surface area (TPSA) is 87.1 Å². The van der Waals surface area contributed by atoms with E-state index in [-0.39, 0.29) is 6.04 Å². The summed E-state index contributed by atoms with van der Waals surface area (Å²) in [7, 11) is 4.12. The van der Waals surface area contributed by atoms with Gasteiger partial charge in [-0.2, -0.15) is 10.2 Å². The van der Waals surface area contributed by atoms with E-state index in [9.17, 15) is 0 Å². The van der Waals surface area contributed by atoms with Crippen LogP contribution in [0.5, 0.6) is 0 Å². The number of likely N-dealkylation sites (N-methyl/N-ethyl adjacent to an activating group) is 1. The SMILES string of the molecule is CN(C)CCn1cc(C2(N3N=CCC3c3ccccc3)N=C(N)Nc3ccsc32)cn1. The van der Waals surface area contributed by atoms with Crippen LogP contribution in [0.1, 0.15) is 28.5 Å². The van der Waals surface area contributed by atoms with E-state index in [1.165, 1.54) is 5.56 Å². The van der Waals surface area contributed by atoms with Crippen LogP contribution in [-0.4, -0.2) is 52.5 Å². The first-order valence-electron chi connectivity index (χ1n) is 10.3. The highest BCUT2D eigenvalue weighted by Gasteiger charge is 2.50. The number of hydrogen-bond acceptors (Lipinski definition) is 8. The Kier molecular flexibility index (Phi) is 4.99. The lowest BCUT2D eigenvalue weighted by molar-refractivity contribution is 0.0989. The van der Waals surface area contributed by atoms with E-state index < -0.39 is 5.66 Å². The van der Waals surface area contributed by atoms with Gasteiger partial charge in [-0.15, -0.1) is 11.3 Å². The minimum absolute atomic E-state index is 0.0518. The van der Waals surface area contributed by atoms with Gasteiger partial charge in [0, 0.05) is 30.9 Å². The number of anilines is 1. The lowest BCUT2D eigenvalue weighted by Crippen LogP contribution is -2.47. The van der Waals surface area contributed by atoms with Crippen molar-refractivity contribution in [3.8, 4) is 0 Å². The largest absolute Gasteiger partial charge is 0.370 e. The Morgan fingerprint density at radius 3 is 2.90 bits per heavy atom. The summed E-state index contributed by atoms with van der Waals surface area (Å²) in [6.07, 6.45) is 6.75. The zero-order chi connectivity index (χ0) is 21.4. The maximum atomic E-state index is 6.31. The van der Waals surface area contributed by atoms with Crippen molar-refractivity contribution in [2.45, 2.75) is 24.7 Å². The quantitative estimate of drug-likeness (QED) is 0.623. The highest BCUT2D eigenvalue weighted by molar-refractivity contribution is 7.10. The van der Waals surface area contributed by atoms with Gasteiger partial charge in [0.25, 0.3) is 0 Å². The summed E-state index contributed by atoms with van der Waals surface area (Å²) in [6, 6.07) is 12.5. The fraction of sp³-hybridized carbons (Fsp3) is 0.318. The molecule has 0 spiro atoms. The first-order valence-corrected chi connectivity index (χ1v) is 11.2. The lowest BCUT2D eigenvalue weighted by atomic mass is 9.94. The molecule has 0 aliphatic carbocycles. The average Bonchev–Trinajstić information content (AvgIpc) is 3.52. The predicted octanol–water partition coefficient (Wildman–Crippen LogP) is 2.88. The summed E-state index contributed by atoms with van der Waals surface area (Å²) in [4.78, 5) is 8.21. The van der Waals surface area contributed by atoms with Crippen molar-refractivity contribution >= 4 is 29.2 Å². The van der Waals surface area contributed by atoms with Crippen molar-refractivity contribution in [2.24, 2.45) is 15.8 Å². The molecule has 0 fully saturated rings. The molecule has 2 aliphatic rings. The van der Waals surface area contributed by atoms with E-state index in [1.54, 1.807) is 11.3 Å². The van der Waals surface area contributed by atoms with Crippen LogP contribution in [0.4, 0.5) is 5.69 Å². The molecular formula is C22H26N8S. The normalized spacial score (nSPS) is 22.5. The van der Waals surface area contributed by atoms with Gasteiger partial charge in [0.1, 0.15) is 0 Å². The summed E-state index contributed by atoms with van der Waals surface area (Å²) < 4.78 is 1.97. The number of rotatable bonds is 6. The number of aliphatic imine (C=N–C) groups is 1. The molecule has 160 valence electrons. The average molecular weight is 435 g/mol. The smallest absolute Gasteiger partial charge is 0.217 e. The number of benzene rings is 1. The van der Waals surface area contributed by atoms with Gasteiger partial charge in [0.15, 0.2) is 5.96 Å². The van der Waals surface area contributed by atoms with Gasteiger partial charge in [-0.3, -0.25) is 9.69 Å². The van der Waals surface area contributed by atoms with Gasteiger partial charge in [-0.25, -0.2) is 4.99 Å². The first kappa shape index (κ1) is 19.8. The second-order valence-electron chi connectivity index (χ2n) is 8.06. The molecular weight excluding hydrogens is 408 g/mol. The number of aromatic nitrogens is 2. The van der Waals surface area contributed by atoms with E-state index in [0.29, 0.717) is 5.96 Å². The number of hydrazone groups is 1. The van der Waals surface area contributed by atoms with Crippen LogP contribution < -0.4 is 11.1 Å². The Labute approximate surface area is 185 Å². The van der Waals surface area contributed by atoms with E-state index >= 15 is 0 Å². The van der Waals surface area contributed by atoms with Crippen molar-refractivity contribution in [1.82, 2.24) is 19.7 Å². The highest BCUT2D eigenvalue weighted by atomic mass is 32.1. The Morgan fingerprint density at radius 2 is 2.10 bits per heavy atom. The summed E-state index contributed by atoms with van der Waals surface area (Å²) >= 11 is 1.65. The Hall–Kier alpha value is -3.17. The minimum Gasteiger partial charge on any atom is -0.370 e. The van der Waals surface area contributed by atoms with E-state index in [0.717, 1.165) is 35.6 Å². The molecule has 8 nitrogen and oxygen atoms in total. The first-order chi connectivity index (χ1) is 15.1. The van der Waals surface area contributed by atoms with Crippen LogP contribution in [0, 0.1) is 0 Å². The molecule has 2 atom stereocenters. The zero-order valence-electron chi connectivity index (χ0n) is 17.6. The summed E-state index contributed by atoms with van der Waals surface area (Å²) in [5, 5.41) is 16.9. The number of thiophene rings is 1. The van der Waals surface area contributed by atoms with Gasteiger partial charge in [0.05, 0.1) is 29.3 Å². The summed E-state index contributed by atoms with van der Waals surface area (Å²) in [5.41, 5.74) is 8.56. The van der Waals surface area contributed by atoms with Gasteiger partial charge >= 0.3 is 0 Å². The number of nitrogens with zero attached hydrogens (tertiary/aromatic N) is 6. The Bertz CT molecular complexity index is 1120. The monoisotopic (exact) mass is 434 g/mol. The molecule has 5 rings (SSSR count). The van der Waals surface area contributed by atoms with Crippen molar-refractivity contribution in [3.63, 3.8) is 0 Å². The van der Waals surface area contributed by atoms with Crippen molar-refractivity contribution < 1.29 is 0 Å². The molecule has 0 bridgehead atoms. The summed E-state index contributed by atoms with van der Waals surface area (Å²) in [5.74, 6) is 0.376. The highest BCUT2D eigenvalue weighted by Crippen LogP contribution is 2.50. The number of guanidine groups is 1. The van der Waals surface area contributed by atoms with Crippen LogP contribution in [0.15, 0.2) is 64.3 Å². The standard InChI is InChI=1S/C22H26N8S/c1-28(2)11-12-29-15-17(14-25-29)22(20-18(9-13-31-20)26-21(23)27-22)30-19(8-10-24-30)16-6-4-3-5-7-16/h3-7,9-10,13-15,19H,8,11-12H2,1-2H3,(H3,23,26,27). The molecule has 1 aromatic carbocycles. The number of nitrogens with one attached hydrogen (secondary N) is 1. The molecule has 9 heteroatoms. The molecule has 0 saturated heterocycles. The van der Waals surface area contributed by atoms with Crippen molar-refractivity contribution in [3.05, 3.63) is 70.2 Å². The van der Waals surface area contributed by atoms with Crippen LogP contribution in [0.25, 0.3) is 0 Å². The van der Waals surface area contributed by atoms with Gasteiger partial charge < -0.3 is 16.0 Å². The van der Waals surface area contributed by atoms with Gasteiger partial charge in [-0.1, -0.05) is 30.3 Å². The van der Waals surface area contributed by atoms with Crippen LogP contribution in [0.2, 0.25) is 0 Å². The predicted molar refractivity (Wildman–Crippen MR) is 125 cm³/mol. The molecule has 0 radical (unpaired) electrons. The molecule has 4 heterocycles. The van der Waals surface area contributed by atoms with E-state index in [2.05, 4.69) is 70.3 Å². The lowest BCUT2D eigenvalue weighted by Gasteiger charge is -2.42. The molecule has 2 unspecified atom stereocenters. The van der Waals surface area contributed by atoms with Crippen molar-refractivity contribution in [2.75, 3.05) is 26.0 Å². The third-order valence-corrected chi connectivity index (χ3v) is 6.70. The molecule has 0 saturated carbocycles. The third kappa shape index (κ3) is 3.39. The zero-order valence-corrected chi connectivity index (χ0v) is 18.5. The van der Waals surface area contributed by atoms with Crippen LogP contribution in [-0.2, 0) is 12.2 Å². The fourth-order valence-electron chi connectivity index (χ4n) is 4.20. The summed E-state index contributed by atoms with van der Waals surface area (Å²) in [6.45, 7) is 1.70. The van der Waals surface area contributed by atoms with E-state index in [1.807, 2.05) is 29.2 Å². The third-order valence-electron chi connectivity index (χ3n) is 5.68. The number of fused-ring (bicyclic) bond motifs is 1. The maximum absolute atomic E-state index is 6.31.